The van der Waals surface area contributed by atoms with Crippen LogP contribution in [0.4, 0.5) is 0 Å². The lowest BCUT2D eigenvalue weighted by Crippen LogP contribution is -2.29. The molecule has 0 aromatic rings. The number of rotatable bonds is 4. The molecule has 0 saturated carbocycles. The van der Waals surface area contributed by atoms with Crippen LogP contribution in [0, 0.1) is 0 Å². The van der Waals surface area contributed by atoms with Gasteiger partial charge in [0, 0.05) is 19.2 Å². The van der Waals surface area contributed by atoms with Gasteiger partial charge in [0.25, 0.3) is 0 Å². The predicted octanol–water partition coefficient (Wildman–Crippen LogP) is 1.95. The van der Waals surface area contributed by atoms with Gasteiger partial charge in [0.2, 0.25) is 5.91 Å². The first-order chi connectivity index (χ1) is 7.89. The molecule has 17 heavy (non-hydrogen) atoms. The van der Waals surface area contributed by atoms with Crippen LogP contribution in [0.25, 0.3) is 0 Å². The van der Waals surface area contributed by atoms with Crippen LogP contribution in [-0.4, -0.2) is 41.9 Å². The largest absolute Gasteiger partial charge is 0.345 e. The fourth-order valence-electron chi connectivity index (χ4n) is 1.98. The average molecular weight is 241 g/mol. The van der Waals surface area contributed by atoms with E-state index in [1.54, 1.807) is 17.1 Å². The Kier molecular flexibility index (Phi) is 4.71. The van der Waals surface area contributed by atoms with Crippen molar-refractivity contribution < 1.29 is 14.3 Å². The molecule has 1 heterocycles. The van der Waals surface area contributed by atoms with E-state index in [-0.39, 0.29) is 18.1 Å². The maximum Gasteiger partial charge on any atom is 0.246 e. The number of nitrogens with zero attached hydrogens (tertiary/aromatic N) is 1. The molecule has 0 N–H and O–H groups in total. The van der Waals surface area contributed by atoms with E-state index in [0.717, 1.165) is 13.1 Å². The van der Waals surface area contributed by atoms with E-state index in [2.05, 4.69) is 0 Å². The van der Waals surface area contributed by atoms with Gasteiger partial charge in [0.15, 0.2) is 5.79 Å². The Morgan fingerprint density at radius 2 is 1.88 bits per heavy atom. The van der Waals surface area contributed by atoms with Crippen molar-refractivity contribution in [3.8, 4) is 0 Å². The number of ether oxygens (including phenoxy) is 2. The standard InChI is InChI=1S/C13H23NO3/c1-6-14(7-2)12(15)9-8-11-10(3)16-13(4,5)17-11/h8-11H,6-7H2,1-5H3/b9-8+. The molecule has 2 unspecified atom stereocenters. The van der Waals surface area contributed by atoms with Crippen molar-refractivity contribution in [1.29, 1.82) is 0 Å². The molecular weight excluding hydrogens is 218 g/mol. The van der Waals surface area contributed by atoms with Crippen LogP contribution < -0.4 is 0 Å². The molecule has 0 aromatic carbocycles. The second kappa shape index (κ2) is 5.65. The van der Waals surface area contributed by atoms with E-state index in [1.165, 1.54) is 0 Å². The first kappa shape index (κ1) is 14.2. The van der Waals surface area contributed by atoms with Gasteiger partial charge >= 0.3 is 0 Å². The van der Waals surface area contributed by atoms with Crippen molar-refractivity contribution in [2.75, 3.05) is 13.1 Å². The van der Waals surface area contributed by atoms with Crippen molar-refractivity contribution >= 4 is 5.91 Å². The Morgan fingerprint density at radius 1 is 1.29 bits per heavy atom. The lowest BCUT2D eigenvalue weighted by molar-refractivity contribution is -0.141. The molecule has 4 nitrogen and oxygen atoms in total. The van der Waals surface area contributed by atoms with Gasteiger partial charge in [-0.3, -0.25) is 4.79 Å². The summed E-state index contributed by atoms with van der Waals surface area (Å²) in [7, 11) is 0. The first-order valence-corrected chi connectivity index (χ1v) is 6.22. The van der Waals surface area contributed by atoms with E-state index in [9.17, 15) is 4.79 Å². The fraction of sp³-hybridized carbons (Fsp3) is 0.769. The van der Waals surface area contributed by atoms with E-state index >= 15 is 0 Å². The monoisotopic (exact) mass is 241 g/mol. The van der Waals surface area contributed by atoms with Crippen molar-refractivity contribution in [2.24, 2.45) is 0 Å². The Bertz CT molecular complexity index is 295. The normalized spacial score (nSPS) is 27.6. The quantitative estimate of drug-likeness (QED) is 0.706. The topological polar surface area (TPSA) is 38.8 Å². The third-order valence-corrected chi connectivity index (χ3v) is 2.86. The minimum atomic E-state index is -0.563. The van der Waals surface area contributed by atoms with Gasteiger partial charge in [-0.25, -0.2) is 0 Å². The maximum absolute atomic E-state index is 11.8. The molecule has 4 heteroatoms. The van der Waals surface area contributed by atoms with Crippen LogP contribution in [-0.2, 0) is 14.3 Å². The number of amides is 1. The summed E-state index contributed by atoms with van der Waals surface area (Å²) in [6, 6.07) is 0. The molecule has 0 bridgehead atoms. The molecular formula is C13H23NO3. The summed E-state index contributed by atoms with van der Waals surface area (Å²) in [6.07, 6.45) is 3.20. The lowest BCUT2D eigenvalue weighted by atomic mass is 10.2. The molecule has 1 saturated heterocycles. The third kappa shape index (κ3) is 3.82. The van der Waals surface area contributed by atoms with Crippen LogP contribution in [0.15, 0.2) is 12.2 Å². The molecule has 0 spiro atoms. The Balaban J connectivity index is 2.57. The third-order valence-electron chi connectivity index (χ3n) is 2.86. The van der Waals surface area contributed by atoms with Gasteiger partial charge in [-0.05, 0) is 40.7 Å². The zero-order valence-corrected chi connectivity index (χ0v) is 11.4. The van der Waals surface area contributed by atoms with Gasteiger partial charge in [-0.1, -0.05) is 0 Å². The lowest BCUT2D eigenvalue weighted by Gasteiger charge is -2.17. The van der Waals surface area contributed by atoms with Crippen molar-refractivity contribution in [2.45, 2.75) is 52.6 Å². The molecule has 98 valence electrons. The molecule has 1 aliphatic heterocycles. The summed E-state index contributed by atoms with van der Waals surface area (Å²) in [6.45, 7) is 11.1. The van der Waals surface area contributed by atoms with Gasteiger partial charge < -0.3 is 14.4 Å². The maximum atomic E-state index is 11.8. The summed E-state index contributed by atoms with van der Waals surface area (Å²) in [5.41, 5.74) is 0. The molecule has 0 aliphatic carbocycles. The minimum absolute atomic E-state index is 0.0225. The molecule has 2 atom stereocenters. The fourth-order valence-corrected chi connectivity index (χ4v) is 1.98. The van der Waals surface area contributed by atoms with Crippen molar-refractivity contribution in [3.05, 3.63) is 12.2 Å². The number of likely N-dealkylation sites (N-methyl/N-ethyl adjacent to an activating group) is 1. The Morgan fingerprint density at radius 3 is 2.29 bits per heavy atom. The van der Waals surface area contributed by atoms with Crippen LogP contribution in [0.5, 0.6) is 0 Å². The van der Waals surface area contributed by atoms with Crippen LogP contribution in [0.2, 0.25) is 0 Å². The highest BCUT2D eigenvalue weighted by atomic mass is 16.7. The van der Waals surface area contributed by atoms with Crippen LogP contribution in [0.1, 0.15) is 34.6 Å². The highest BCUT2D eigenvalue weighted by Crippen LogP contribution is 2.28. The van der Waals surface area contributed by atoms with E-state index in [4.69, 9.17) is 9.47 Å². The predicted molar refractivity (Wildman–Crippen MR) is 66.6 cm³/mol. The second-order valence-corrected chi connectivity index (χ2v) is 4.67. The number of hydrogen-bond acceptors (Lipinski definition) is 3. The van der Waals surface area contributed by atoms with Gasteiger partial charge in [0.1, 0.15) is 6.10 Å². The smallest absolute Gasteiger partial charge is 0.246 e. The van der Waals surface area contributed by atoms with Crippen LogP contribution >= 0.6 is 0 Å². The highest BCUT2D eigenvalue weighted by Gasteiger charge is 2.37. The van der Waals surface area contributed by atoms with E-state index in [1.807, 2.05) is 34.6 Å². The number of carbonyl (C=O) groups excluding carboxylic acids is 1. The van der Waals surface area contributed by atoms with Crippen molar-refractivity contribution in [3.63, 3.8) is 0 Å². The SMILES string of the molecule is CCN(CC)C(=O)/C=C/C1OC(C)(C)OC1C. The summed E-state index contributed by atoms with van der Waals surface area (Å²) >= 11 is 0. The molecule has 1 amide bonds. The first-order valence-electron chi connectivity index (χ1n) is 6.22. The molecule has 0 aromatic heterocycles. The molecule has 1 rings (SSSR count). The summed E-state index contributed by atoms with van der Waals surface area (Å²) < 4.78 is 11.3. The van der Waals surface area contributed by atoms with Gasteiger partial charge in [0.05, 0.1) is 6.10 Å². The van der Waals surface area contributed by atoms with E-state index < -0.39 is 5.79 Å². The minimum Gasteiger partial charge on any atom is -0.345 e. The Labute approximate surface area is 104 Å². The molecule has 1 aliphatic rings. The summed E-state index contributed by atoms with van der Waals surface area (Å²) in [5, 5.41) is 0. The highest BCUT2D eigenvalue weighted by molar-refractivity contribution is 5.87. The number of carbonyl (C=O) groups is 1. The van der Waals surface area contributed by atoms with Crippen molar-refractivity contribution in [1.82, 2.24) is 4.90 Å². The van der Waals surface area contributed by atoms with Crippen LogP contribution in [0.3, 0.4) is 0 Å². The summed E-state index contributed by atoms with van der Waals surface area (Å²) in [5.74, 6) is -0.539. The van der Waals surface area contributed by atoms with E-state index in [0.29, 0.717) is 0 Å². The average Bonchev–Trinajstić information content (AvgIpc) is 2.50. The molecule has 0 radical (unpaired) electrons. The second-order valence-electron chi connectivity index (χ2n) is 4.67. The molecule has 1 fully saturated rings. The summed E-state index contributed by atoms with van der Waals surface area (Å²) in [4.78, 5) is 13.5. The number of hydrogen-bond donors (Lipinski definition) is 0. The zero-order valence-electron chi connectivity index (χ0n) is 11.4. The van der Waals surface area contributed by atoms with Gasteiger partial charge in [-0.2, -0.15) is 0 Å². The van der Waals surface area contributed by atoms with Gasteiger partial charge in [-0.15, -0.1) is 0 Å². The Hall–Kier alpha value is -0.870. The zero-order chi connectivity index (χ0) is 13.1.